The third-order valence-electron chi connectivity index (χ3n) is 5.33. The second kappa shape index (κ2) is 7.52. The van der Waals surface area contributed by atoms with E-state index in [0.717, 1.165) is 21.2 Å². The Labute approximate surface area is 181 Å². The molecule has 0 bridgehead atoms. The Bertz CT molecular complexity index is 1110. The monoisotopic (exact) mass is 469 g/mol. The average molecular weight is 470 g/mol. The number of aliphatic hydroxyl groups is 1. The van der Waals surface area contributed by atoms with Gasteiger partial charge in [-0.1, -0.05) is 45.8 Å². The highest BCUT2D eigenvalue weighted by Crippen LogP contribution is 2.45. The van der Waals surface area contributed by atoms with E-state index >= 15 is 0 Å². The molecular formula is C23H20BrNO3S. The van der Waals surface area contributed by atoms with Crippen LogP contribution in [-0.2, 0) is 16.9 Å². The molecule has 2 heterocycles. The Morgan fingerprint density at radius 3 is 2.66 bits per heavy atom. The van der Waals surface area contributed by atoms with Crippen LogP contribution in [0.15, 0.2) is 58.4 Å². The van der Waals surface area contributed by atoms with Crippen molar-refractivity contribution in [1.29, 1.82) is 0 Å². The molecule has 4 rings (SSSR count). The molecule has 0 radical (unpaired) electrons. The van der Waals surface area contributed by atoms with E-state index in [4.69, 9.17) is 0 Å². The van der Waals surface area contributed by atoms with Crippen molar-refractivity contribution in [2.45, 2.75) is 32.4 Å². The number of amides is 1. The van der Waals surface area contributed by atoms with E-state index in [1.807, 2.05) is 43.5 Å². The van der Waals surface area contributed by atoms with Gasteiger partial charge in [-0.05, 0) is 54.6 Å². The maximum atomic E-state index is 13.4. The van der Waals surface area contributed by atoms with Gasteiger partial charge >= 0.3 is 0 Å². The largest absolute Gasteiger partial charge is 0.375 e. The van der Waals surface area contributed by atoms with Crippen LogP contribution < -0.4 is 4.90 Å². The third kappa shape index (κ3) is 3.56. The van der Waals surface area contributed by atoms with E-state index in [-0.39, 0.29) is 12.2 Å². The van der Waals surface area contributed by atoms with Gasteiger partial charge in [-0.15, -0.1) is 11.3 Å². The quantitative estimate of drug-likeness (QED) is 0.526. The summed E-state index contributed by atoms with van der Waals surface area (Å²) >= 11 is 4.73. The van der Waals surface area contributed by atoms with Gasteiger partial charge in [0.2, 0.25) is 0 Å². The second-order valence-electron chi connectivity index (χ2n) is 7.42. The van der Waals surface area contributed by atoms with Gasteiger partial charge in [0.1, 0.15) is 0 Å². The first-order valence-corrected chi connectivity index (χ1v) is 10.9. The van der Waals surface area contributed by atoms with Crippen molar-refractivity contribution >= 4 is 44.6 Å². The number of thiophene rings is 1. The molecule has 1 aromatic heterocycles. The summed E-state index contributed by atoms with van der Waals surface area (Å²) in [6, 6.07) is 15.0. The number of Topliss-reactive ketones (excluding diaryl/α,β-unsaturated/α-hetero) is 1. The molecule has 0 spiro atoms. The fourth-order valence-corrected chi connectivity index (χ4v) is 4.83. The van der Waals surface area contributed by atoms with Gasteiger partial charge in [-0.25, -0.2) is 0 Å². The zero-order valence-corrected chi connectivity index (χ0v) is 18.5. The van der Waals surface area contributed by atoms with Crippen LogP contribution in [0.3, 0.4) is 0 Å². The van der Waals surface area contributed by atoms with Crippen molar-refractivity contribution in [3.05, 3.63) is 85.5 Å². The summed E-state index contributed by atoms with van der Waals surface area (Å²) in [5, 5.41) is 13.2. The van der Waals surface area contributed by atoms with Crippen molar-refractivity contribution in [1.82, 2.24) is 0 Å². The zero-order chi connectivity index (χ0) is 20.8. The lowest BCUT2D eigenvalue weighted by Gasteiger charge is -2.23. The lowest BCUT2D eigenvalue weighted by Crippen LogP contribution is -2.41. The third-order valence-corrected chi connectivity index (χ3v) is 6.74. The van der Waals surface area contributed by atoms with E-state index in [0.29, 0.717) is 22.7 Å². The van der Waals surface area contributed by atoms with Crippen LogP contribution >= 0.6 is 27.3 Å². The minimum Gasteiger partial charge on any atom is -0.375 e. The first-order chi connectivity index (χ1) is 13.8. The molecule has 0 unspecified atom stereocenters. The number of anilines is 1. The maximum Gasteiger partial charge on any atom is 0.264 e. The summed E-state index contributed by atoms with van der Waals surface area (Å²) < 4.78 is 0.749. The van der Waals surface area contributed by atoms with Crippen molar-refractivity contribution in [2.24, 2.45) is 0 Å². The molecule has 0 aliphatic carbocycles. The average Bonchev–Trinajstić information content (AvgIpc) is 3.27. The molecule has 1 aliphatic heterocycles. The molecule has 0 saturated carbocycles. The van der Waals surface area contributed by atoms with Gasteiger partial charge in [-0.3, -0.25) is 9.59 Å². The van der Waals surface area contributed by atoms with E-state index < -0.39 is 11.5 Å². The smallest absolute Gasteiger partial charge is 0.264 e. The first-order valence-electron chi connectivity index (χ1n) is 9.27. The van der Waals surface area contributed by atoms with Crippen LogP contribution in [0.25, 0.3) is 0 Å². The van der Waals surface area contributed by atoms with Crippen molar-refractivity contribution in [3.63, 3.8) is 0 Å². The molecule has 3 aromatic rings. The second-order valence-corrected chi connectivity index (χ2v) is 9.28. The van der Waals surface area contributed by atoms with Crippen molar-refractivity contribution < 1.29 is 14.7 Å². The topological polar surface area (TPSA) is 57.6 Å². The van der Waals surface area contributed by atoms with Crippen LogP contribution in [0.4, 0.5) is 5.69 Å². The Hall–Kier alpha value is -2.28. The lowest BCUT2D eigenvalue weighted by molar-refractivity contribution is -0.136. The highest BCUT2D eigenvalue weighted by atomic mass is 79.9. The molecule has 1 amide bonds. The van der Waals surface area contributed by atoms with Gasteiger partial charge in [0.25, 0.3) is 5.91 Å². The Morgan fingerprint density at radius 1 is 1.17 bits per heavy atom. The number of fused-ring (bicyclic) bond motifs is 1. The Morgan fingerprint density at radius 2 is 1.97 bits per heavy atom. The number of halogens is 1. The number of hydrogen-bond acceptors (Lipinski definition) is 4. The predicted molar refractivity (Wildman–Crippen MR) is 118 cm³/mol. The van der Waals surface area contributed by atoms with E-state index in [9.17, 15) is 14.7 Å². The minimum absolute atomic E-state index is 0.241. The lowest BCUT2D eigenvalue weighted by atomic mass is 9.89. The van der Waals surface area contributed by atoms with E-state index in [1.54, 1.807) is 23.1 Å². The number of ketones is 1. The SMILES string of the molecule is Cc1ccc(CN2C(=O)[C@@](O)(CC(=O)c3cccs3)c3cc(Br)ccc32)c(C)c1. The van der Waals surface area contributed by atoms with Crippen molar-refractivity contribution in [2.75, 3.05) is 4.90 Å². The molecular weight excluding hydrogens is 450 g/mol. The summed E-state index contributed by atoms with van der Waals surface area (Å²) in [4.78, 5) is 28.2. The molecule has 148 valence electrons. The summed E-state index contributed by atoms with van der Waals surface area (Å²) in [5.74, 6) is -0.703. The number of aryl methyl sites for hydroxylation is 2. The van der Waals surface area contributed by atoms with Gasteiger partial charge in [0.15, 0.2) is 11.4 Å². The summed E-state index contributed by atoms with van der Waals surface area (Å²) in [6.07, 6.45) is -0.279. The first kappa shape index (κ1) is 20.0. The minimum atomic E-state index is -1.88. The van der Waals surface area contributed by atoms with Crippen LogP contribution in [0.5, 0.6) is 0 Å². The fourth-order valence-electron chi connectivity index (χ4n) is 3.80. The normalized spacial score (nSPS) is 18.2. The van der Waals surface area contributed by atoms with Gasteiger partial charge in [0.05, 0.1) is 23.5 Å². The standard InChI is InChI=1S/C23H20BrNO3S/c1-14-5-6-16(15(2)10-14)13-25-19-8-7-17(24)11-18(19)23(28,22(25)27)12-20(26)21-4-3-9-29-21/h3-11,28H,12-13H2,1-2H3/t23-/m1/s1. The molecule has 0 saturated heterocycles. The zero-order valence-electron chi connectivity index (χ0n) is 16.1. The predicted octanol–water partition coefficient (Wildman–Crippen LogP) is 5.13. The number of hydrogen-bond donors (Lipinski definition) is 1. The van der Waals surface area contributed by atoms with E-state index in [2.05, 4.69) is 22.0 Å². The van der Waals surface area contributed by atoms with E-state index in [1.165, 1.54) is 11.3 Å². The summed E-state index contributed by atoms with van der Waals surface area (Å²) in [6.45, 7) is 4.38. The molecule has 1 atom stereocenters. The number of benzene rings is 2. The Kier molecular flexibility index (Phi) is 5.19. The van der Waals surface area contributed by atoms with Gasteiger partial charge < -0.3 is 10.0 Å². The number of rotatable bonds is 5. The molecule has 2 aromatic carbocycles. The molecule has 0 fully saturated rings. The van der Waals surface area contributed by atoms with Crippen LogP contribution in [0.1, 0.15) is 38.3 Å². The van der Waals surface area contributed by atoms with Crippen LogP contribution in [-0.4, -0.2) is 16.8 Å². The van der Waals surface area contributed by atoms with Crippen molar-refractivity contribution in [3.8, 4) is 0 Å². The molecule has 6 heteroatoms. The number of nitrogens with zero attached hydrogens (tertiary/aromatic N) is 1. The fraction of sp³-hybridized carbons (Fsp3) is 0.217. The van der Waals surface area contributed by atoms with Crippen LogP contribution in [0, 0.1) is 13.8 Å². The molecule has 29 heavy (non-hydrogen) atoms. The molecule has 1 N–H and O–H groups in total. The molecule has 4 nitrogen and oxygen atoms in total. The number of carbonyl (C=O) groups is 2. The Balaban J connectivity index is 1.73. The highest BCUT2D eigenvalue weighted by Gasteiger charge is 2.51. The summed E-state index contributed by atoms with van der Waals surface area (Å²) in [7, 11) is 0. The van der Waals surface area contributed by atoms with Gasteiger partial charge in [-0.2, -0.15) is 0 Å². The van der Waals surface area contributed by atoms with Crippen LogP contribution in [0.2, 0.25) is 0 Å². The van der Waals surface area contributed by atoms with Gasteiger partial charge in [0, 0.05) is 10.0 Å². The molecule has 1 aliphatic rings. The number of carbonyl (C=O) groups excluding carboxylic acids is 2. The maximum absolute atomic E-state index is 13.4. The summed E-state index contributed by atoms with van der Waals surface area (Å²) in [5.41, 5.74) is 2.47. The highest BCUT2D eigenvalue weighted by molar-refractivity contribution is 9.10.